The molecule has 0 atom stereocenters. The van der Waals surface area contributed by atoms with Gasteiger partial charge < -0.3 is 0 Å². The van der Waals surface area contributed by atoms with Gasteiger partial charge in [-0.1, -0.05) is 11.6 Å². The molecule has 0 saturated heterocycles. The van der Waals surface area contributed by atoms with Gasteiger partial charge in [0.15, 0.2) is 15.1 Å². The van der Waals surface area contributed by atoms with Gasteiger partial charge in [0.1, 0.15) is 0 Å². The quantitative estimate of drug-likeness (QED) is 0.636. The number of sulfonamides is 1. The number of halogens is 2. The highest BCUT2D eigenvalue weighted by Gasteiger charge is 2.25. The second kappa shape index (κ2) is 5.17. The molecule has 20 heavy (non-hydrogen) atoms. The second-order valence-corrected chi connectivity index (χ2v) is 7.95. The van der Waals surface area contributed by atoms with Crippen molar-refractivity contribution >= 4 is 66.2 Å². The average Bonchev–Trinajstić information content (AvgIpc) is 2.91. The molecule has 104 valence electrons. The molecule has 1 N–H and O–H groups in total. The molecule has 0 amide bonds. The summed E-state index contributed by atoms with van der Waals surface area (Å²) in [6.07, 6.45) is 1.63. The van der Waals surface area contributed by atoms with Crippen molar-refractivity contribution in [2.24, 2.45) is 0 Å². The van der Waals surface area contributed by atoms with Crippen molar-refractivity contribution in [3.63, 3.8) is 0 Å². The van der Waals surface area contributed by atoms with Gasteiger partial charge in [-0.25, -0.2) is 4.98 Å². The van der Waals surface area contributed by atoms with E-state index in [0.29, 0.717) is 10.6 Å². The second-order valence-electron chi connectivity index (χ2n) is 3.88. The van der Waals surface area contributed by atoms with Crippen LogP contribution < -0.4 is 4.72 Å². The number of nitrogens with one attached hydrogen (secondary N) is 1. The van der Waals surface area contributed by atoms with Crippen LogP contribution in [0, 0.1) is 3.57 Å². The van der Waals surface area contributed by atoms with Crippen molar-refractivity contribution in [2.45, 2.75) is 5.03 Å². The predicted molar refractivity (Wildman–Crippen MR) is 88.0 cm³/mol. The number of aromatic nitrogens is 2. The minimum Gasteiger partial charge on any atom is -0.278 e. The molecule has 3 rings (SSSR count). The number of hydrogen-bond donors (Lipinski definition) is 1. The molecule has 1 aromatic carbocycles. The fourth-order valence-corrected chi connectivity index (χ4v) is 4.57. The Morgan fingerprint density at radius 3 is 2.70 bits per heavy atom. The summed E-state index contributed by atoms with van der Waals surface area (Å²) in [7, 11) is -3.79. The van der Waals surface area contributed by atoms with E-state index >= 15 is 0 Å². The van der Waals surface area contributed by atoms with Crippen LogP contribution in [0.2, 0.25) is 5.15 Å². The Hall–Kier alpha value is -0.840. The van der Waals surface area contributed by atoms with Gasteiger partial charge in [0.2, 0.25) is 0 Å². The highest BCUT2D eigenvalue weighted by molar-refractivity contribution is 14.1. The summed E-state index contributed by atoms with van der Waals surface area (Å²) in [5.41, 5.74) is 0.478. The average molecular weight is 440 g/mol. The maximum absolute atomic E-state index is 12.4. The van der Waals surface area contributed by atoms with Gasteiger partial charge in [0, 0.05) is 20.8 Å². The van der Waals surface area contributed by atoms with Crippen molar-refractivity contribution in [3.05, 3.63) is 44.6 Å². The lowest BCUT2D eigenvalue weighted by molar-refractivity contribution is 0.597. The van der Waals surface area contributed by atoms with E-state index in [0.717, 1.165) is 3.57 Å². The van der Waals surface area contributed by atoms with E-state index < -0.39 is 10.0 Å². The third-order valence-electron chi connectivity index (χ3n) is 2.53. The predicted octanol–water partition coefficient (Wildman–Crippen LogP) is 3.45. The zero-order valence-corrected chi connectivity index (χ0v) is 14.3. The molecular formula is C11H7ClIN3O2S2. The molecule has 0 fully saturated rings. The largest absolute Gasteiger partial charge is 0.281 e. The molecule has 5 nitrogen and oxygen atoms in total. The fraction of sp³-hybridized carbons (Fsp3) is 0. The van der Waals surface area contributed by atoms with Gasteiger partial charge in [-0.3, -0.25) is 9.12 Å². The van der Waals surface area contributed by atoms with Crippen LogP contribution in [0.3, 0.4) is 0 Å². The Kier molecular flexibility index (Phi) is 3.65. The van der Waals surface area contributed by atoms with Crippen molar-refractivity contribution < 1.29 is 8.42 Å². The maximum atomic E-state index is 12.4. The molecule has 2 heterocycles. The van der Waals surface area contributed by atoms with Crippen molar-refractivity contribution in [1.82, 2.24) is 9.38 Å². The first kappa shape index (κ1) is 14.1. The number of rotatable bonds is 3. The molecule has 0 aliphatic heterocycles. The van der Waals surface area contributed by atoms with E-state index in [2.05, 4.69) is 32.3 Å². The Labute approximate surface area is 137 Å². The number of imidazole rings is 1. The molecule has 0 saturated carbocycles. The number of hydrogen-bond acceptors (Lipinski definition) is 4. The third kappa shape index (κ3) is 2.52. The Balaban J connectivity index is 2.05. The maximum Gasteiger partial charge on any atom is 0.281 e. The summed E-state index contributed by atoms with van der Waals surface area (Å²) in [6, 6.07) is 7.02. The highest BCUT2D eigenvalue weighted by Crippen LogP contribution is 2.27. The number of nitrogens with zero attached hydrogens (tertiary/aromatic N) is 2. The van der Waals surface area contributed by atoms with Crippen LogP contribution in [0.1, 0.15) is 0 Å². The lowest BCUT2D eigenvalue weighted by Crippen LogP contribution is -2.15. The lowest BCUT2D eigenvalue weighted by atomic mass is 10.3. The van der Waals surface area contributed by atoms with Crippen LogP contribution in [0.25, 0.3) is 4.96 Å². The summed E-state index contributed by atoms with van der Waals surface area (Å²) in [5, 5.41) is 1.67. The molecule has 0 bridgehead atoms. The van der Waals surface area contributed by atoms with E-state index in [4.69, 9.17) is 11.6 Å². The summed E-state index contributed by atoms with van der Waals surface area (Å²) in [5.74, 6) is 0. The molecule has 2 aromatic heterocycles. The van der Waals surface area contributed by atoms with Gasteiger partial charge >= 0.3 is 0 Å². The summed E-state index contributed by atoms with van der Waals surface area (Å²) < 4.78 is 29.8. The van der Waals surface area contributed by atoms with E-state index in [1.54, 1.807) is 23.7 Å². The normalized spacial score (nSPS) is 11.9. The molecule has 0 radical (unpaired) electrons. The fourth-order valence-electron chi connectivity index (χ4n) is 1.70. The zero-order chi connectivity index (χ0) is 14.3. The molecule has 0 spiro atoms. The molecule has 3 aromatic rings. The summed E-state index contributed by atoms with van der Waals surface area (Å²) in [6.45, 7) is 0. The van der Waals surface area contributed by atoms with Crippen molar-refractivity contribution in [1.29, 1.82) is 0 Å². The number of fused-ring (bicyclic) bond motifs is 1. The van der Waals surface area contributed by atoms with E-state index in [-0.39, 0.29) is 10.2 Å². The smallest absolute Gasteiger partial charge is 0.278 e. The third-order valence-corrected chi connectivity index (χ3v) is 5.78. The van der Waals surface area contributed by atoms with Crippen molar-refractivity contribution in [3.8, 4) is 0 Å². The minimum atomic E-state index is -3.79. The van der Waals surface area contributed by atoms with Crippen LogP contribution in [0.4, 0.5) is 5.69 Å². The van der Waals surface area contributed by atoms with Gasteiger partial charge in [-0.15, -0.1) is 11.3 Å². The van der Waals surface area contributed by atoms with Crippen LogP contribution in [0.5, 0.6) is 0 Å². The standard InChI is InChI=1S/C11H7ClIN3O2S2/c12-9-10(16-5-6-19-11(16)14-9)20(17,18)15-8-3-1-7(13)2-4-8/h1-6,15H. The van der Waals surface area contributed by atoms with Crippen LogP contribution >= 0.6 is 45.5 Å². The first-order valence-electron chi connectivity index (χ1n) is 5.37. The molecule has 0 aliphatic rings. The number of thiazole rings is 1. The minimum absolute atomic E-state index is 0.0325. The highest BCUT2D eigenvalue weighted by atomic mass is 127. The topological polar surface area (TPSA) is 63.5 Å². The van der Waals surface area contributed by atoms with Crippen LogP contribution in [-0.4, -0.2) is 17.8 Å². The first-order valence-corrected chi connectivity index (χ1v) is 9.19. The Bertz CT molecular complexity index is 871. The first-order chi connectivity index (χ1) is 9.47. The van der Waals surface area contributed by atoms with Gasteiger partial charge in [0.05, 0.1) is 0 Å². The number of benzene rings is 1. The number of anilines is 1. The monoisotopic (exact) mass is 439 g/mol. The van der Waals surface area contributed by atoms with E-state index in [1.807, 2.05) is 12.1 Å². The molecular weight excluding hydrogens is 433 g/mol. The zero-order valence-electron chi connectivity index (χ0n) is 9.75. The van der Waals surface area contributed by atoms with Gasteiger partial charge in [-0.05, 0) is 46.9 Å². The van der Waals surface area contributed by atoms with Crippen LogP contribution in [0.15, 0.2) is 40.9 Å². The van der Waals surface area contributed by atoms with Gasteiger partial charge in [-0.2, -0.15) is 8.42 Å². The van der Waals surface area contributed by atoms with Crippen LogP contribution in [-0.2, 0) is 10.0 Å². The summed E-state index contributed by atoms with van der Waals surface area (Å²) in [4.78, 5) is 4.56. The van der Waals surface area contributed by atoms with Gasteiger partial charge in [0.25, 0.3) is 10.0 Å². The summed E-state index contributed by atoms with van der Waals surface area (Å²) >= 11 is 9.41. The molecule has 0 unspecified atom stereocenters. The Morgan fingerprint density at radius 2 is 2.00 bits per heavy atom. The van der Waals surface area contributed by atoms with E-state index in [1.165, 1.54) is 15.7 Å². The molecule has 0 aliphatic carbocycles. The van der Waals surface area contributed by atoms with Crippen molar-refractivity contribution in [2.75, 3.05) is 4.72 Å². The SMILES string of the molecule is O=S(=O)(Nc1ccc(I)cc1)c1c(Cl)nc2sccn12. The Morgan fingerprint density at radius 1 is 1.30 bits per heavy atom. The molecule has 9 heteroatoms. The van der Waals surface area contributed by atoms with E-state index in [9.17, 15) is 8.42 Å². The lowest BCUT2D eigenvalue weighted by Gasteiger charge is -2.07.